The predicted molar refractivity (Wildman–Crippen MR) is 126 cm³/mol. The fourth-order valence-corrected chi connectivity index (χ4v) is 5.39. The minimum Gasteiger partial charge on any atom is -0.466 e. The molecule has 2 fully saturated rings. The number of esters is 4. The summed E-state index contributed by atoms with van der Waals surface area (Å²) in [6.45, 7) is 4.85. The number of fused-ring (bicyclic) bond motifs is 1. The van der Waals surface area contributed by atoms with Gasteiger partial charge in [-0.2, -0.15) is 0 Å². The van der Waals surface area contributed by atoms with Gasteiger partial charge in [-0.25, -0.2) is 9.59 Å². The van der Waals surface area contributed by atoms with Crippen molar-refractivity contribution < 1.29 is 52.4 Å². The molecule has 2 aliphatic rings. The Morgan fingerprint density at radius 3 is 2.30 bits per heavy atom. The minimum absolute atomic E-state index is 0.0902. The van der Waals surface area contributed by atoms with E-state index < -0.39 is 72.0 Å². The van der Waals surface area contributed by atoms with Gasteiger partial charge in [-0.1, -0.05) is 29.5 Å². The van der Waals surface area contributed by atoms with E-state index in [9.17, 15) is 24.0 Å². The van der Waals surface area contributed by atoms with Crippen LogP contribution in [0.2, 0.25) is 0 Å². The number of alkyl carbamates (subject to hydrolysis) is 1. The van der Waals surface area contributed by atoms with E-state index in [-0.39, 0.29) is 6.42 Å². The van der Waals surface area contributed by atoms with Gasteiger partial charge >= 0.3 is 30.0 Å². The molecule has 1 aromatic rings. The molecule has 0 aliphatic carbocycles. The molecule has 3 rings (SSSR count). The Morgan fingerprint density at radius 1 is 1.08 bits per heavy atom. The number of carbonyl (C=O) groups is 5. The normalized spacial score (nSPS) is 26.0. The molecular formula is C24H29NO11S. The first-order valence-electron chi connectivity index (χ1n) is 11.4. The topological polar surface area (TPSA) is 153 Å². The average Bonchev–Trinajstić information content (AvgIpc) is 3.20. The fourth-order valence-electron chi connectivity index (χ4n) is 4.16. The van der Waals surface area contributed by atoms with Gasteiger partial charge in [0.1, 0.15) is 18.8 Å². The first kappa shape index (κ1) is 28.3. The fraction of sp³-hybridized carbons (Fsp3) is 0.542. The van der Waals surface area contributed by atoms with Crippen molar-refractivity contribution in [1.82, 2.24) is 5.32 Å². The highest BCUT2D eigenvalue weighted by molar-refractivity contribution is 8.01. The number of benzene rings is 1. The maximum Gasteiger partial charge on any atom is 0.407 e. The molecule has 0 saturated carbocycles. The molecule has 1 N–H and O–H groups in total. The largest absolute Gasteiger partial charge is 0.466 e. The van der Waals surface area contributed by atoms with Crippen LogP contribution in [0.1, 0.15) is 32.8 Å². The zero-order valence-electron chi connectivity index (χ0n) is 21.0. The van der Waals surface area contributed by atoms with Gasteiger partial charge in [-0.3, -0.25) is 14.4 Å². The van der Waals surface area contributed by atoms with Gasteiger partial charge in [0.15, 0.2) is 12.2 Å². The van der Waals surface area contributed by atoms with Crippen molar-refractivity contribution >= 4 is 41.7 Å². The van der Waals surface area contributed by atoms with Crippen LogP contribution < -0.4 is 5.32 Å². The Bertz CT molecular complexity index is 1050. The van der Waals surface area contributed by atoms with Gasteiger partial charge in [0, 0.05) is 32.1 Å². The van der Waals surface area contributed by atoms with E-state index in [1.54, 1.807) is 12.1 Å². The third-order valence-corrected chi connectivity index (χ3v) is 6.92. The molecule has 13 heteroatoms. The summed E-state index contributed by atoms with van der Waals surface area (Å²) in [5, 5.41) is 2.61. The van der Waals surface area contributed by atoms with Crippen LogP contribution in [0, 0.1) is 6.92 Å². The Balaban J connectivity index is 2.07. The van der Waals surface area contributed by atoms with Crippen molar-refractivity contribution in [2.45, 2.75) is 74.4 Å². The van der Waals surface area contributed by atoms with Crippen LogP contribution in [-0.2, 0) is 47.6 Å². The number of hydrogen-bond donors (Lipinski definition) is 1. The lowest BCUT2D eigenvalue weighted by Gasteiger charge is -2.45. The Kier molecular flexibility index (Phi) is 9.02. The van der Waals surface area contributed by atoms with Crippen molar-refractivity contribution in [1.29, 1.82) is 0 Å². The molecule has 37 heavy (non-hydrogen) atoms. The van der Waals surface area contributed by atoms with E-state index in [0.717, 1.165) is 38.1 Å². The van der Waals surface area contributed by atoms with Crippen molar-refractivity contribution in [2.75, 3.05) is 13.7 Å². The number of thioether (sulfide) groups is 1. The van der Waals surface area contributed by atoms with Crippen molar-refractivity contribution in [2.24, 2.45) is 0 Å². The lowest BCUT2D eigenvalue weighted by atomic mass is 9.90. The number of methoxy groups -OCH3 is 1. The van der Waals surface area contributed by atoms with E-state index >= 15 is 0 Å². The molecule has 0 radical (unpaired) electrons. The summed E-state index contributed by atoms with van der Waals surface area (Å²) >= 11 is 1.04. The first-order valence-corrected chi connectivity index (χ1v) is 12.2. The molecule has 2 aliphatic heterocycles. The van der Waals surface area contributed by atoms with E-state index in [1.165, 1.54) is 7.11 Å². The van der Waals surface area contributed by atoms with Crippen LogP contribution in [0.25, 0.3) is 0 Å². The zero-order chi connectivity index (χ0) is 27.3. The van der Waals surface area contributed by atoms with Crippen LogP contribution in [0.4, 0.5) is 4.79 Å². The molecule has 0 aromatic heterocycles. The van der Waals surface area contributed by atoms with Crippen LogP contribution >= 0.6 is 11.8 Å². The van der Waals surface area contributed by atoms with E-state index in [1.807, 2.05) is 19.1 Å². The Hall–Kier alpha value is -3.32. The quantitative estimate of drug-likeness (QED) is 0.359. The highest BCUT2D eigenvalue weighted by atomic mass is 32.2. The van der Waals surface area contributed by atoms with Crippen LogP contribution in [0.15, 0.2) is 29.2 Å². The van der Waals surface area contributed by atoms with E-state index in [2.05, 4.69) is 5.32 Å². The number of nitrogens with one attached hydrogen (secondary N) is 1. The van der Waals surface area contributed by atoms with Gasteiger partial charge in [0.25, 0.3) is 0 Å². The maximum absolute atomic E-state index is 13.2. The smallest absolute Gasteiger partial charge is 0.407 e. The molecule has 0 spiro atoms. The molecular weight excluding hydrogens is 510 g/mol. The van der Waals surface area contributed by atoms with Gasteiger partial charge in [-0.15, -0.1) is 0 Å². The maximum atomic E-state index is 13.2. The monoisotopic (exact) mass is 539 g/mol. The molecule has 202 valence electrons. The van der Waals surface area contributed by atoms with Gasteiger partial charge in [0.2, 0.25) is 4.93 Å². The highest BCUT2D eigenvalue weighted by Gasteiger charge is 2.60. The second-order valence-electron chi connectivity index (χ2n) is 8.58. The predicted octanol–water partition coefficient (Wildman–Crippen LogP) is 1.65. The van der Waals surface area contributed by atoms with Gasteiger partial charge in [-0.05, 0) is 19.1 Å². The number of hydrogen-bond acceptors (Lipinski definition) is 12. The van der Waals surface area contributed by atoms with Crippen molar-refractivity contribution in [3.05, 3.63) is 29.8 Å². The van der Waals surface area contributed by atoms with Crippen molar-refractivity contribution in [3.8, 4) is 0 Å². The number of aryl methyl sites for hydroxylation is 1. The average molecular weight is 540 g/mol. The van der Waals surface area contributed by atoms with Gasteiger partial charge in [0.05, 0.1) is 13.2 Å². The minimum atomic E-state index is -1.73. The Labute approximate surface area is 217 Å². The second-order valence-corrected chi connectivity index (χ2v) is 9.92. The van der Waals surface area contributed by atoms with Crippen LogP contribution in [-0.4, -0.2) is 79.1 Å². The molecule has 12 nitrogen and oxygen atoms in total. The SMILES string of the molecule is COC(=O)[C@@]1(Sc2ccc(C)cc2)C[C@@H]2OC(=O)NC2[C@H]([C@H](OC(C)=O)C(COC(C)=O)OC(C)=O)O1. The van der Waals surface area contributed by atoms with Gasteiger partial charge < -0.3 is 33.7 Å². The Morgan fingerprint density at radius 2 is 1.73 bits per heavy atom. The van der Waals surface area contributed by atoms with Crippen molar-refractivity contribution in [3.63, 3.8) is 0 Å². The number of carbonyl (C=O) groups excluding carboxylic acids is 5. The molecule has 2 unspecified atom stereocenters. The summed E-state index contributed by atoms with van der Waals surface area (Å²) in [4.78, 5) is 59.8. The van der Waals surface area contributed by atoms with Crippen LogP contribution in [0.3, 0.4) is 0 Å². The standard InChI is InChI=1S/C24H29NO11S/c1-12-6-8-16(9-7-12)37-24(22(29)31-5)10-17-19(25-23(30)35-17)21(36-24)20(34-15(4)28)18(33-14(3)27)11-32-13(2)26/h6-9,17-21H,10-11H2,1-5H3,(H,25,30)/t17-,18?,19?,20+,21+,24-/m0/s1. The summed E-state index contributed by atoms with van der Waals surface area (Å²) in [5.41, 5.74) is 0.998. The summed E-state index contributed by atoms with van der Waals surface area (Å²) in [7, 11) is 1.19. The first-order chi connectivity index (χ1) is 17.4. The number of amides is 1. The van der Waals surface area contributed by atoms with E-state index in [4.69, 9.17) is 28.4 Å². The summed E-state index contributed by atoms with van der Waals surface area (Å²) in [6.07, 6.45) is -5.76. The molecule has 1 aromatic carbocycles. The van der Waals surface area contributed by atoms with Crippen LogP contribution in [0.5, 0.6) is 0 Å². The molecule has 2 saturated heterocycles. The molecule has 2 heterocycles. The van der Waals surface area contributed by atoms with E-state index in [0.29, 0.717) is 4.90 Å². The summed E-state index contributed by atoms with van der Waals surface area (Å²) < 4.78 is 32.7. The summed E-state index contributed by atoms with van der Waals surface area (Å²) in [6, 6.07) is 6.39. The zero-order valence-corrected chi connectivity index (χ0v) is 21.8. The molecule has 6 atom stereocenters. The highest BCUT2D eigenvalue weighted by Crippen LogP contribution is 2.46. The third-order valence-electron chi connectivity index (χ3n) is 5.65. The molecule has 1 amide bonds. The lowest BCUT2D eigenvalue weighted by molar-refractivity contribution is -0.214. The summed E-state index contributed by atoms with van der Waals surface area (Å²) in [5.74, 6) is -2.95. The lowest BCUT2D eigenvalue weighted by Crippen LogP contribution is -2.64. The third kappa shape index (κ3) is 6.92. The molecule has 0 bridgehead atoms. The number of ether oxygens (including phenoxy) is 6. The number of rotatable bonds is 9. The second kappa shape index (κ2) is 11.8.